The van der Waals surface area contributed by atoms with E-state index in [4.69, 9.17) is 5.73 Å². The Morgan fingerprint density at radius 3 is 2.64 bits per heavy atom. The zero-order valence-corrected chi connectivity index (χ0v) is 21.8. The van der Waals surface area contributed by atoms with Crippen molar-refractivity contribution >= 4 is 35.3 Å². The van der Waals surface area contributed by atoms with Gasteiger partial charge in [-0.3, -0.25) is 14.4 Å². The number of carbonyl (C=O) groups is 4. The van der Waals surface area contributed by atoms with Gasteiger partial charge in [0.25, 0.3) is 0 Å². The average Bonchev–Trinajstić information content (AvgIpc) is 3.62. The third-order valence-corrected chi connectivity index (χ3v) is 10.1. The third kappa shape index (κ3) is 4.48. The quantitative estimate of drug-likeness (QED) is 0.329. The highest BCUT2D eigenvalue weighted by Crippen LogP contribution is 2.53. The van der Waals surface area contributed by atoms with Gasteiger partial charge in [0.05, 0.1) is 24.0 Å². The molecule has 0 unspecified atom stereocenters. The maximum absolute atomic E-state index is 13.2. The van der Waals surface area contributed by atoms with Crippen LogP contribution in [0.25, 0.3) is 0 Å². The van der Waals surface area contributed by atoms with Crippen molar-refractivity contribution in [1.29, 1.82) is 0 Å². The molecule has 36 heavy (non-hydrogen) atoms. The van der Waals surface area contributed by atoms with E-state index < -0.39 is 5.97 Å². The number of nitrogens with one attached hydrogen (secondary N) is 2. The predicted octanol–water partition coefficient (Wildman–Crippen LogP) is 0.130. The summed E-state index contributed by atoms with van der Waals surface area (Å²) in [5, 5.41) is 16.6. The van der Waals surface area contributed by atoms with Crippen LogP contribution in [0.3, 0.4) is 0 Å². The molecule has 0 aromatic carbocycles. The predicted molar refractivity (Wildman–Crippen MR) is 135 cm³/mol. The summed E-state index contributed by atoms with van der Waals surface area (Å²) in [5.41, 5.74) is 6.03. The first kappa shape index (κ1) is 25.7. The number of ketones is 1. The van der Waals surface area contributed by atoms with Crippen molar-refractivity contribution in [2.45, 2.75) is 75.4 Å². The topological polar surface area (TPSA) is 145 Å². The lowest BCUT2D eigenvalue weighted by atomic mass is 9.73. The number of fused-ring (bicyclic) bond motifs is 1. The number of hydrogen-bond donors (Lipinski definition) is 4. The molecule has 0 aromatic rings. The number of nitrogens with zero attached hydrogens (tertiary/aromatic N) is 2. The SMILES string of the molecule is C[C@@H](CC(=O)[C@H]1CCCN1)[C@H]1C(=O)N2C(C(=O)O)=C(S[C@@H]3CN[C@H](C(=O)N4CC[C@@H](N)C4)C3)[C@H](C)[C@H]12. The highest BCUT2D eigenvalue weighted by Gasteiger charge is 2.60. The van der Waals surface area contributed by atoms with E-state index in [0.717, 1.165) is 25.8 Å². The van der Waals surface area contributed by atoms with Gasteiger partial charge in [0.15, 0.2) is 0 Å². The maximum Gasteiger partial charge on any atom is 0.353 e. The molecule has 0 saturated carbocycles. The lowest BCUT2D eigenvalue weighted by molar-refractivity contribution is -0.160. The molecule has 10 nitrogen and oxygen atoms in total. The van der Waals surface area contributed by atoms with E-state index >= 15 is 0 Å². The van der Waals surface area contributed by atoms with Gasteiger partial charge in [-0.05, 0) is 38.1 Å². The number of nitrogens with two attached hydrogens (primary N) is 1. The average molecular weight is 520 g/mol. The number of amides is 2. The van der Waals surface area contributed by atoms with Crippen LogP contribution in [-0.4, -0.2) is 94.1 Å². The van der Waals surface area contributed by atoms with Crippen LogP contribution in [0, 0.1) is 17.8 Å². The zero-order chi connectivity index (χ0) is 25.7. The summed E-state index contributed by atoms with van der Waals surface area (Å²) in [5.74, 6) is -1.70. The zero-order valence-electron chi connectivity index (χ0n) is 20.9. The smallest absolute Gasteiger partial charge is 0.353 e. The fourth-order valence-electron chi connectivity index (χ4n) is 6.68. The summed E-state index contributed by atoms with van der Waals surface area (Å²) in [6.45, 7) is 6.63. The van der Waals surface area contributed by atoms with Crippen LogP contribution in [0.1, 0.15) is 46.0 Å². The summed E-state index contributed by atoms with van der Waals surface area (Å²) in [4.78, 5) is 55.0. The molecule has 5 heterocycles. The maximum atomic E-state index is 13.2. The van der Waals surface area contributed by atoms with Gasteiger partial charge in [-0.15, -0.1) is 11.8 Å². The van der Waals surface area contributed by atoms with Gasteiger partial charge in [-0.25, -0.2) is 4.79 Å². The first-order chi connectivity index (χ1) is 17.2. The summed E-state index contributed by atoms with van der Waals surface area (Å²) in [6.07, 6.45) is 3.58. The van der Waals surface area contributed by atoms with Crippen LogP contribution in [0.5, 0.6) is 0 Å². The number of Topliss-reactive ketones (excluding diaryl/α,β-unsaturated/α-hetero) is 1. The Bertz CT molecular complexity index is 982. The molecule has 198 valence electrons. The van der Waals surface area contributed by atoms with Gasteiger partial charge in [0.1, 0.15) is 11.5 Å². The minimum Gasteiger partial charge on any atom is -0.477 e. The molecule has 0 radical (unpaired) electrons. The molecule has 5 N–H and O–H groups in total. The monoisotopic (exact) mass is 519 g/mol. The molecule has 11 heteroatoms. The van der Waals surface area contributed by atoms with Crippen LogP contribution in [0.2, 0.25) is 0 Å². The van der Waals surface area contributed by atoms with Crippen molar-refractivity contribution in [2.75, 3.05) is 26.2 Å². The Balaban J connectivity index is 1.24. The van der Waals surface area contributed by atoms with Gasteiger partial charge < -0.3 is 31.3 Å². The standard InChI is InChI=1S/C25H37N5O5S/c1-12(8-18(31)16-4-3-6-27-16)19-20-13(2)22(21(25(34)35)30(20)24(19)33)36-15-9-17(28-10-15)23(32)29-7-5-14(26)11-29/h12-17,19-20,27-28H,3-11,26H2,1-2H3,(H,34,35)/t12-,13+,14+,15-,16+,17-,19+,20+/m0/s1. The van der Waals surface area contributed by atoms with E-state index in [1.165, 1.54) is 16.7 Å². The molecular formula is C25H37N5O5S. The molecule has 5 rings (SSSR count). The molecule has 5 aliphatic rings. The Labute approximate surface area is 215 Å². The van der Waals surface area contributed by atoms with Crippen molar-refractivity contribution in [3.63, 3.8) is 0 Å². The fourth-order valence-corrected chi connectivity index (χ4v) is 8.16. The van der Waals surface area contributed by atoms with Crippen molar-refractivity contribution < 1.29 is 24.3 Å². The Kier molecular flexibility index (Phi) is 7.19. The van der Waals surface area contributed by atoms with E-state index in [0.29, 0.717) is 37.4 Å². The molecule has 0 aliphatic carbocycles. The van der Waals surface area contributed by atoms with Gasteiger partial charge in [0, 0.05) is 48.2 Å². The second kappa shape index (κ2) is 10.1. The Morgan fingerprint density at radius 2 is 2.00 bits per heavy atom. The van der Waals surface area contributed by atoms with Gasteiger partial charge in [-0.1, -0.05) is 13.8 Å². The number of β-lactam (4-membered cyclic amide) rings is 1. The normalized spacial score (nSPS) is 36.9. The summed E-state index contributed by atoms with van der Waals surface area (Å²) < 4.78 is 0. The van der Waals surface area contributed by atoms with Crippen molar-refractivity contribution in [1.82, 2.24) is 20.4 Å². The summed E-state index contributed by atoms with van der Waals surface area (Å²) in [6, 6.07) is -0.617. The lowest BCUT2D eigenvalue weighted by Gasteiger charge is -2.47. The Hall–Kier alpha value is -1.95. The fraction of sp³-hybridized carbons (Fsp3) is 0.760. The molecule has 4 saturated heterocycles. The molecule has 5 aliphatic heterocycles. The second-order valence-electron chi connectivity index (χ2n) is 11.1. The van der Waals surface area contributed by atoms with Crippen LogP contribution in [0.15, 0.2) is 10.6 Å². The van der Waals surface area contributed by atoms with E-state index in [1.54, 1.807) is 0 Å². The van der Waals surface area contributed by atoms with Crippen molar-refractivity contribution in [3.8, 4) is 0 Å². The van der Waals surface area contributed by atoms with Gasteiger partial charge in [0.2, 0.25) is 11.8 Å². The van der Waals surface area contributed by atoms with Gasteiger partial charge >= 0.3 is 5.97 Å². The lowest BCUT2D eigenvalue weighted by Crippen LogP contribution is -2.62. The number of carboxylic acid groups (broad SMARTS) is 1. The largest absolute Gasteiger partial charge is 0.477 e. The molecule has 4 fully saturated rings. The molecule has 0 bridgehead atoms. The van der Waals surface area contributed by atoms with E-state index in [9.17, 15) is 24.3 Å². The molecule has 2 amide bonds. The van der Waals surface area contributed by atoms with E-state index in [-0.39, 0.29) is 70.5 Å². The molecule has 0 aromatic heterocycles. The molecule has 0 spiro atoms. The minimum absolute atomic E-state index is 0.0327. The highest BCUT2D eigenvalue weighted by atomic mass is 32.2. The van der Waals surface area contributed by atoms with E-state index in [2.05, 4.69) is 10.6 Å². The number of aliphatic carboxylic acids is 1. The number of rotatable bonds is 8. The van der Waals surface area contributed by atoms with Crippen LogP contribution in [0.4, 0.5) is 0 Å². The summed E-state index contributed by atoms with van der Waals surface area (Å²) in [7, 11) is 0. The number of thioether (sulfide) groups is 1. The van der Waals surface area contributed by atoms with Crippen LogP contribution < -0.4 is 16.4 Å². The third-order valence-electron chi connectivity index (χ3n) is 8.60. The number of carbonyl (C=O) groups excluding carboxylic acids is 3. The first-order valence-electron chi connectivity index (χ1n) is 13.2. The second-order valence-corrected chi connectivity index (χ2v) is 12.4. The van der Waals surface area contributed by atoms with Crippen LogP contribution >= 0.6 is 11.8 Å². The molecular weight excluding hydrogens is 482 g/mol. The van der Waals surface area contributed by atoms with Crippen LogP contribution in [-0.2, 0) is 19.2 Å². The number of hydrogen-bond acceptors (Lipinski definition) is 8. The number of likely N-dealkylation sites (tertiary alicyclic amines) is 1. The van der Waals surface area contributed by atoms with Crippen molar-refractivity contribution in [3.05, 3.63) is 10.6 Å². The first-order valence-corrected chi connectivity index (χ1v) is 14.1. The molecule has 8 atom stereocenters. The Morgan fingerprint density at radius 1 is 1.22 bits per heavy atom. The minimum atomic E-state index is -1.10. The van der Waals surface area contributed by atoms with E-state index in [1.807, 2.05) is 18.7 Å². The van der Waals surface area contributed by atoms with Crippen molar-refractivity contribution in [2.24, 2.45) is 23.5 Å². The number of carboxylic acids is 1. The van der Waals surface area contributed by atoms with Gasteiger partial charge in [-0.2, -0.15) is 0 Å². The highest BCUT2D eigenvalue weighted by molar-refractivity contribution is 8.03. The summed E-state index contributed by atoms with van der Waals surface area (Å²) >= 11 is 1.49.